The van der Waals surface area contributed by atoms with Crippen molar-refractivity contribution in [3.63, 3.8) is 0 Å². The molecule has 0 saturated carbocycles. The largest absolute Gasteiger partial charge is 0.508 e. The maximum atomic E-state index is 12.1. The number of carbonyl (C=O) groups is 1. The van der Waals surface area contributed by atoms with Crippen LogP contribution in [0.3, 0.4) is 0 Å². The first-order valence-electron chi connectivity index (χ1n) is 8.72. The van der Waals surface area contributed by atoms with Crippen molar-refractivity contribution in [1.29, 1.82) is 0 Å². The predicted octanol–water partition coefficient (Wildman–Crippen LogP) is 5.19. The second-order valence-corrected chi connectivity index (χ2v) is 6.21. The van der Waals surface area contributed by atoms with Crippen molar-refractivity contribution < 1.29 is 14.6 Å². The third-order valence-corrected chi connectivity index (χ3v) is 4.42. The second kappa shape index (κ2) is 7.87. The van der Waals surface area contributed by atoms with Crippen molar-refractivity contribution in [2.24, 2.45) is 0 Å². The number of fused-ring (bicyclic) bond motifs is 1. The Bertz CT molecular complexity index is 934. The number of aromatic hydroxyl groups is 1. The van der Waals surface area contributed by atoms with Crippen LogP contribution in [0.15, 0.2) is 78.4 Å². The summed E-state index contributed by atoms with van der Waals surface area (Å²) in [6.45, 7) is 3.92. The molecule has 1 unspecified atom stereocenters. The topological polar surface area (TPSA) is 46.5 Å². The molecule has 0 bridgehead atoms. The summed E-state index contributed by atoms with van der Waals surface area (Å²) in [5.74, 6) is -0.209. The highest BCUT2D eigenvalue weighted by Gasteiger charge is 2.17. The average Bonchev–Trinajstić information content (AvgIpc) is 2.66. The molecule has 3 aromatic rings. The fourth-order valence-corrected chi connectivity index (χ4v) is 3.13. The van der Waals surface area contributed by atoms with Gasteiger partial charge in [-0.3, -0.25) is 0 Å². The zero-order valence-corrected chi connectivity index (χ0v) is 15.0. The average molecular weight is 346 g/mol. The van der Waals surface area contributed by atoms with Gasteiger partial charge in [0.05, 0.1) is 6.61 Å². The molecule has 0 radical (unpaired) electrons. The minimum Gasteiger partial charge on any atom is -0.508 e. The van der Waals surface area contributed by atoms with Crippen molar-refractivity contribution in [2.75, 3.05) is 6.61 Å². The van der Waals surface area contributed by atoms with Gasteiger partial charge in [0.2, 0.25) is 0 Å². The molecule has 26 heavy (non-hydrogen) atoms. The molecule has 0 heterocycles. The molecule has 0 amide bonds. The van der Waals surface area contributed by atoms with E-state index in [1.807, 2.05) is 36.4 Å². The van der Waals surface area contributed by atoms with Crippen molar-refractivity contribution in [1.82, 2.24) is 0 Å². The van der Waals surface area contributed by atoms with E-state index in [9.17, 15) is 9.90 Å². The summed E-state index contributed by atoms with van der Waals surface area (Å²) >= 11 is 0. The molecular formula is C23H22O3. The summed E-state index contributed by atoms with van der Waals surface area (Å²) in [4.78, 5) is 12.1. The standard InChI is InChI=1S/C23H22O3/c1-3-26-23(25)16(2)15-22(18-11-13-19(24)14-12-18)21-10-6-8-17-7-4-5-9-20(17)21/h4-15,22,24H,3H2,1-2H3/b16-15+. The molecule has 132 valence electrons. The molecule has 0 spiro atoms. The molecule has 0 aromatic heterocycles. The van der Waals surface area contributed by atoms with E-state index in [-0.39, 0.29) is 17.6 Å². The number of hydrogen-bond acceptors (Lipinski definition) is 3. The zero-order chi connectivity index (χ0) is 18.5. The van der Waals surface area contributed by atoms with E-state index >= 15 is 0 Å². The quantitative estimate of drug-likeness (QED) is 0.511. The highest BCUT2D eigenvalue weighted by Crippen LogP contribution is 2.33. The zero-order valence-electron chi connectivity index (χ0n) is 15.0. The first-order valence-corrected chi connectivity index (χ1v) is 8.72. The lowest BCUT2D eigenvalue weighted by atomic mass is 9.86. The molecule has 0 aliphatic carbocycles. The third kappa shape index (κ3) is 3.77. The lowest BCUT2D eigenvalue weighted by molar-refractivity contribution is -0.138. The molecule has 0 fully saturated rings. The van der Waals surface area contributed by atoms with E-state index in [2.05, 4.69) is 24.3 Å². The Kier molecular flexibility index (Phi) is 5.37. The normalized spacial score (nSPS) is 12.8. The monoisotopic (exact) mass is 346 g/mol. The molecule has 1 atom stereocenters. The highest BCUT2D eigenvalue weighted by atomic mass is 16.5. The fourth-order valence-electron chi connectivity index (χ4n) is 3.13. The summed E-state index contributed by atoms with van der Waals surface area (Å²) in [6.07, 6.45) is 1.94. The molecule has 0 aliphatic rings. The van der Waals surface area contributed by atoms with Crippen LogP contribution in [0.4, 0.5) is 0 Å². The van der Waals surface area contributed by atoms with Gasteiger partial charge in [-0.2, -0.15) is 0 Å². The van der Waals surface area contributed by atoms with Crippen LogP contribution < -0.4 is 0 Å². The highest BCUT2D eigenvalue weighted by molar-refractivity contribution is 5.89. The molecule has 1 N–H and O–H groups in total. The van der Waals surface area contributed by atoms with Crippen molar-refractivity contribution in [3.05, 3.63) is 89.5 Å². The number of hydrogen-bond donors (Lipinski definition) is 1. The maximum Gasteiger partial charge on any atom is 0.333 e. The van der Waals surface area contributed by atoms with Gasteiger partial charge in [-0.05, 0) is 47.9 Å². The van der Waals surface area contributed by atoms with Crippen LogP contribution in [0.5, 0.6) is 5.75 Å². The lowest BCUT2D eigenvalue weighted by Gasteiger charge is -2.18. The van der Waals surface area contributed by atoms with Gasteiger partial charge in [0.25, 0.3) is 0 Å². The SMILES string of the molecule is CCOC(=O)/C(C)=C/C(c1ccc(O)cc1)c1cccc2ccccc12. The van der Waals surface area contributed by atoms with E-state index in [1.165, 1.54) is 0 Å². The number of carbonyl (C=O) groups excluding carboxylic acids is 1. The Morgan fingerprint density at radius 2 is 1.73 bits per heavy atom. The summed E-state index contributed by atoms with van der Waals surface area (Å²) in [6, 6.07) is 21.5. The van der Waals surface area contributed by atoms with Gasteiger partial charge in [-0.15, -0.1) is 0 Å². The molecule has 3 heteroatoms. The van der Waals surface area contributed by atoms with Gasteiger partial charge in [0.15, 0.2) is 0 Å². The van der Waals surface area contributed by atoms with Crippen molar-refractivity contribution in [3.8, 4) is 5.75 Å². The van der Waals surface area contributed by atoms with Crippen molar-refractivity contribution >= 4 is 16.7 Å². The van der Waals surface area contributed by atoms with E-state index in [0.29, 0.717) is 12.2 Å². The Hall–Kier alpha value is -3.07. The number of phenols is 1. The number of benzene rings is 3. The van der Waals surface area contributed by atoms with Gasteiger partial charge >= 0.3 is 5.97 Å². The van der Waals surface area contributed by atoms with Crippen LogP contribution in [0.1, 0.15) is 30.9 Å². The second-order valence-electron chi connectivity index (χ2n) is 6.21. The molecule has 3 rings (SSSR count). The van der Waals surface area contributed by atoms with Crippen LogP contribution in [-0.2, 0) is 9.53 Å². The van der Waals surface area contributed by atoms with E-state index < -0.39 is 0 Å². The van der Waals surface area contributed by atoms with Gasteiger partial charge in [-0.1, -0.05) is 60.7 Å². The molecule has 0 aliphatic heterocycles. The van der Waals surface area contributed by atoms with Crippen LogP contribution >= 0.6 is 0 Å². The lowest BCUT2D eigenvalue weighted by Crippen LogP contribution is -2.08. The summed E-state index contributed by atoms with van der Waals surface area (Å²) in [5, 5.41) is 11.9. The number of phenolic OH excluding ortho intramolecular Hbond substituents is 1. The van der Waals surface area contributed by atoms with Gasteiger partial charge in [0.1, 0.15) is 5.75 Å². The van der Waals surface area contributed by atoms with E-state index in [4.69, 9.17) is 4.74 Å². The Labute approximate surface area is 153 Å². The Balaban J connectivity index is 2.15. The summed E-state index contributed by atoms with van der Waals surface area (Å²) in [7, 11) is 0. The smallest absolute Gasteiger partial charge is 0.333 e. The molecular weight excluding hydrogens is 324 g/mol. The van der Waals surface area contributed by atoms with E-state index in [1.54, 1.807) is 26.0 Å². The first-order chi connectivity index (χ1) is 12.6. The summed E-state index contributed by atoms with van der Waals surface area (Å²) in [5.41, 5.74) is 2.68. The number of rotatable bonds is 5. The van der Waals surface area contributed by atoms with Crippen LogP contribution in [0.2, 0.25) is 0 Å². The number of allylic oxidation sites excluding steroid dienone is 1. The molecule has 0 saturated heterocycles. The third-order valence-electron chi connectivity index (χ3n) is 4.42. The van der Waals surface area contributed by atoms with Gasteiger partial charge in [0, 0.05) is 11.5 Å². The fraction of sp³-hybridized carbons (Fsp3) is 0.174. The van der Waals surface area contributed by atoms with Crippen LogP contribution in [-0.4, -0.2) is 17.7 Å². The predicted molar refractivity (Wildman–Crippen MR) is 104 cm³/mol. The van der Waals surface area contributed by atoms with E-state index in [0.717, 1.165) is 21.9 Å². The van der Waals surface area contributed by atoms with Crippen LogP contribution in [0.25, 0.3) is 10.8 Å². The van der Waals surface area contributed by atoms with Crippen LogP contribution in [0, 0.1) is 0 Å². The Morgan fingerprint density at radius 3 is 2.46 bits per heavy atom. The minimum absolute atomic E-state index is 0.119. The van der Waals surface area contributed by atoms with Gasteiger partial charge < -0.3 is 9.84 Å². The first kappa shape index (κ1) is 17.7. The van der Waals surface area contributed by atoms with Crippen molar-refractivity contribution in [2.45, 2.75) is 19.8 Å². The molecule has 3 nitrogen and oxygen atoms in total. The number of esters is 1. The number of ether oxygens (including phenoxy) is 1. The molecule has 3 aromatic carbocycles. The minimum atomic E-state index is -0.309. The maximum absolute atomic E-state index is 12.1. The van der Waals surface area contributed by atoms with Gasteiger partial charge in [-0.25, -0.2) is 4.79 Å². The summed E-state index contributed by atoms with van der Waals surface area (Å²) < 4.78 is 5.14. The Morgan fingerprint density at radius 1 is 1.04 bits per heavy atom.